The third-order valence-corrected chi connectivity index (χ3v) is 8.61. The second-order valence-electron chi connectivity index (χ2n) is 12.3. The molecule has 5 rings (SSSR count). The van der Waals surface area contributed by atoms with Gasteiger partial charge in [0.25, 0.3) is 0 Å². The Bertz CT molecular complexity index is 1920. The topological polar surface area (TPSA) is 50.1 Å². The smallest absolute Gasteiger partial charge is 0.311 e. The van der Waals surface area contributed by atoms with Crippen molar-refractivity contribution in [2.75, 3.05) is 0 Å². The van der Waals surface area contributed by atoms with Crippen molar-refractivity contribution < 1.29 is 27.1 Å². The molecule has 0 spiro atoms. The van der Waals surface area contributed by atoms with Gasteiger partial charge in [-0.3, -0.25) is 4.79 Å². The van der Waals surface area contributed by atoms with E-state index >= 15 is 0 Å². The van der Waals surface area contributed by atoms with Crippen LogP contribution < -0.4 is 4.74 Å². The van der Waals surface area contributed by atoms with E-state index in [0.717, 1.165) is 68.6 Å². The van der Waals surface area contributed by atoms with Gasteiger partial charge in [-0.1, -0.05) is 80.6 Å². The number of nitriles is 1. The van der Waals surface area contributed by atoms with E-state index in [-0.39, 0.29) is 22.9 Å². The van der Waals surface area contributed by atoms with E-state index < -0.39 is 17.5 Å². The van der Waals surface area contributed by atoms with E-state index in [2.05, 4.69) is 6.07 Å². The van der Waals surface area contributed by atoms with Crippen molar-refractivity contribution in [1.82, 2.24) is 0 Å². The number of carbonyl (C=O) groups excluding carboxylic acids is 1. The summed E-state index contributed by atoms with van der Waals surface area (Å²) in [6, 6.07) is 28.2. The van der Waals surface area contributed by atoms with Crippen LogP contribution in [0.25, 0.3) is 33.4 Å². The quantitative estimate of drug-likeness (QED) is 0.0514. The summed E-state index contributed by atoms with van der Waals surface area (Å²) in [5, 5.41) is 8.97. The number of unbranched alkanes of at least 4 members (excludes halogenated alkanes) is 6. The Balaban J connectivity index is 0.963. The fourth-order valence-corrected chi connectivity index (χ4v) is 5.86. The van der Waals surface area contributed by atoms with Crippen molar-refractivity contribution in [3.63, 3.8) is 0 Å². The first-order chi connectivity index (χ1) is 23.7. The van der Waals surface area contributed by atoms with Crippen molar-refractivity contribution in [3.8, 4) is 45.2 Å². The van der Waals surface area contributed by atoms with Crippen LogP contribution in [0.15, 0.2) is 97.1 Å². The number of rotatable bonds is 14. The summed E-state index contributed by atoms with van der Waals surface area (Å²) in [5.74, 6) is -2.55. The summed E-state index contributed by atoms with van der Waals surface area (Å²) in [5.41, 5.74) is 4.75. The highest BCUT2D eigenvalue weighted by Gasteiger charge is 2.13. The van der Waals surface area contributed by atoms with Crippen LogP contribution in [0, 0.1) is 41.5 Å². The summed E-state index contributed by atoms with van der Waals surface area (Å²) in [6.45, 7) is 1.46. The molecule has 0 fully saturated rings. The minimum Gasteiger partial charge on any atom is -0.427 e. The number of esters is 1. The van der Waals surface area contributed by atoms with Gasteiger partial charge in [0.05, 0.1) is 11.6 Å². The van der Waals surface area contributed by atoms with Crippen molar-refractivity contribution in [3.05, 3.63) is 137 Å². The van der Waals surface area contributed by atoms with Crippen LogP contribution in [0.2, 0.25) is 0 Å². The lowest BCUT2D eigenvalue weighted by Crippen LogP contribution is -2.07. The first kappa shape index (κ1) is 35.1. The molecule has 3 nitrogen and oxygen atoms in total. The van der Waals surface area contributed by atoms with Gasteiger partial charge in [0.2, 0.25) is 0 Å². The Morgan fingerprint density at radius 2 is 1.18 bits per heavy atom. The van der Waals surface area contributed by atoms with Gasteiger partial charge in [-0.05, 0) is 108 Å². The predicted octanol–water partition coefficient (Wildman–Crippen LogP) is 11.7. The molecule has 0 aliphatic rings. The summed E-state index contributed by atoms with van der Waals surface area (Å²) >= 11 is 0. The molecule has 0 aromatic heterocycles. The van der Waals surface area contributed by atoms with Crippen molar-refractivity contribution >= 4 is 5.97 Å². The molecule has 250 valence electrons. The first-order valence-corrected chi connectivity index (χ1v) is 16.6. The van der Waals surface area contributed by atoms with E-state index in [4.69, 9.17) is 10.00 Å². The van der Waals surface area contributed by atoms with Crippen molar-refractivity contribution in [2.24, 2.45) is 0 Å². The number of halogens is 4. The van der Waals surface area contributed by atoms with Gasteiger partial charge in [0.15, 0.2) is 11.6 Å². The van der Waals surface area contributed by atoms with Crippen LogP contribution in [-0.4, -0.2) is 5.97 Å². The van der Waals surface area contributed by atoms with Gasteiger partial charge in [0.1, 0.15) is 17.4 Å². The van der Waals surface area contributed by atoms with Crippen LogP contribution >= 0.6 is 0 Å². The molecular formula is C42H37F4NO2. The van der Waals surface area contributed by atoms with Gasteiger partial charge in [-0.15, -0.1) is 0 Å². The van der Waals surface area contributed by atoms with E-state index in [1.165, 1.54) is 25.1 Å². The molecule has 5 aromatic rings. The number of nitrogens with zero attached hydrogens (tertiary/aromatic N) is 1. The number of carbonyl (C=O) groups is 1. The van der Waals surface area contributed by atoms with Crippen molar-refractivity contribution in [2.45, 2.75) is 64.7 Å². The molecule has 0 atom stereocenters. The van der Waals surface area contributed by atoms with Gasteiger partial charge in [-0.25, -0.2) is 17.6 Å². The maximum atomic E-state index is 14.9. The Morgan fingerprint density at radius 1 is 0.612 bits per heavy atom. The Kier molecular flexibility index (Phi) is 12.0. The zero-order valence-corrected chi connectivity index (χ0v) is 27.4. The molecule has 49 heavy (non-hydrogen) atoms. The van der Waals surface area contributed by atoms with E-state index in [9.17, 15) is 22.4 Å². The average Bonchev–Trinajstić information content (AvgIpc) is 3.10. The lowest BCUT2D eigenvalue weighted by Gasteiger charge is -2.09. The summed E-state index contributed by atoms with van der Waals surface area (Å²) in [4.78, 5) is 12.4. The molecule has 0 N–H and O–H groups in total. The van der Waals surface area contributed by atoms with Gasteiger partial charge in [0, 0.05) is 17.5 Å². The molecule has 0 aliphatic carbocycles. The van der Waals surface area contributed by atoms with E-state index in [1.54, 1.807) is 60.7 Å². The number of benzene rings is 5. The van der Waals surface area contributed by atoms with Crippen LogP contribution in [-0.2, 0) is 11.2 Å². The zero-order valence-electron chi connectivity index (χ0n) is 27.4. The molecule has 0 heterocycles. The van der Waals surface area contributed by atoms with E-state index in [0.29, 0.717) is 40.0 Å². The maximum absolute atomic E-state index is 14.9. The van der Waals surface area contributed by atoms with Crippen molar-refractivity contribution in [1.29, 1.82) is 5.26 Å². The third kappa shape index (κ3) is 9.45. The highest BCUT2D eigenvalue weighted by molar-refractivity contribution is 5.74. The SMILES string of the molecule is Cc1cc(-c2ccc(CCCCCCCCCC(=O)Oc3ccc(-c4ccc(-c5ccc(C#N)cc5)c(F)c4)cc3)cc2F)cc(F)c1F. The predicted molar refractivity (Wildman–Crippen MR) is 185 cm³/mol. The Morgan fingerprint density at radius 3 is 1.84 bits per heavy atom. The molecule has 0 aliphatic heterocycles. The third-order valence-electron chi connectivity index (χ3n) is 8.61. The second-order valence-corrected chi connectivity index (χ2v) is 12.3. The zero-order chi connectivity index (χ0) is 34.8. The number of hydrogen-bond donors (Lipinski definition) is 0. The minimum atomic E-state index is -0.984. The number of hydrogen-bond acceptors (Lipinski definition) is 3. The summed E-state index contributed by atoms with van der Waals surface area (Å²) in [7, 11) is 0. The largest absolute Gasteiger partial charge is 0.427 e. The fraction of sp³-hybridized carbons (Fsp3) is 0.238. The van der Waals surface area contributed by atoms with Crippen LogP contribution in [0.4, 0.5) is 17.6 Å². The second kappa shape index (κ2) is 16.7. The lowest BCUT2D eigenvalue weighted by atomic mass is 9.98. The highest BCUT2D eigenvalue weighted by Crippen LogP contribution is 2.30. The highest BCUT2D eigenvalue weighted by atomic mass is 19.2. The molecule has 5 aromatic carbocycles. The maximum Gasteiger partial charge on any atom is 0.311 e. The molecule has 0 amide bonds. The molecular weight excluding hydrogens is 626 g/mol. The Hall–Kier alpha value is -5.22. The van der Waals surface area contributed by atoms with Crippen LogP contribution in [0.3, 0.4) is 0 Å². The summed E-state index contributed by atoms with van der Waals surface area (Å²) in [6.07, 6.45) is 7.78. The van der Waals surface area contributed by atoms with Gasteiger partial charge < -0.3 is 4.74 Å². The normalized spacial score (nSPS) is 10.9. The number of ether oxygens (including phenoxy) is 1. The molecule has 0 unspecified atom stereocenters. The van der Waals surface area contributed by atoms with Gasteiger partial charge >= 0.3 is 5.97 Å². The molecule has 0 bridgehead atoms. The van der Waals surface area contributed by atoms with Crippen LogP contribution in [0.5, 0.6) is 5.75 Å². The fourth-order valence-electron chi connectivity index (χ4n) is 5.86. The lowest BCUT2D eigenvalue weighted by molar-refractivity contribution is -0.134. The molecule has 0 saturated heterocycles. The summed E-state index contributed by atoms with van der Waals surface area (Å²) < 4.78 is 62.5. The standard InChI is InChI=1S/C42H37F4NO2/c1-28-23-34(26-40(45)42(28)46)37-21-13-29(24-38(37)43)9-7-5-3-2-4-6-8-10-41(48)49-35-19-16-31(17-20-35)33-18-22-36(39(44)25-33)32-14-11-30(27-47)12-15-32/h11-26H,2-10H2,1H3. The Labute approximate surface area is 284 Å². The van der Waals surface area contributed by atoms with Crippen LogP contribution in [0.1, 0.15) is 68.1 Å². The van der Waals surface area contributed by atoms with Gasteiger partial charge in [-0.2, -0.15) is 5.26 Å². The first-order valence-electron chi connectivity index (χ1n) is 16.6. The minimum absolute atomic E-state index is 0.141. The number of aryl methyl sites for hydroxylation is 2. The molecule has 0 saturated carbocycles. The molecule has 7 heteroatoms. The molecule has 0 radical (unpaired) electrons. The van der Waals surface area contributed by atoms with E-state index in [1.807, 2.05) is 12.1 Å². The monoisotopic (exact) mass is 663 g/mol. The average molecular weight is 664 g/mol.